The number of nitrogens with two attached hydrogens (primary N) is 1. The van der Waals surface area contributed by atoms with Crippen molar-refractivity contribution in [1.82, 2.24) is 9.97 Å². The lowest BCUT2D eigenvalue weighted by Gasteiger charge is -1.97. The van der Waals surface area contributed by atoms with Gasteiger partial charge in [-0.3, -0.25) is 0 Å². The monoisotopic (exact) mass is 237 g/mol. The van der Waals surface area contributed by atoms with Crippen molar-refractivity contribution < 1.29 is 0 Å². The fraction of sp³-hybridized carbons (Fsp3) is 0.133. The molecule has 18 heavy (non-hydrogen) atoms. The summed E-state index contributed by atoms with van der Waals surface area (Å²) >= 11 is 0. The summed E-state index contributed by atoms with van der Waals surface area (Å²) in [7, 11) is 0. The van der Waals surface area contributed by atoms with Crippen LogP contribution in [0.1, 0.15) is 11.1 Å². The van der Waals surface area contributed by atoms with E-state index in [1.165, 1.54) is 5.56 Å². The number of rotatable bonds is 2. The van der Waals surface area contributed by atoms with Crippen LogP contribution in [0.2, 0.25) is 0 Å². The van der Waals surface area contributed by atoms with E-state index in [0.29, 0.717) is 6.54 Å². The summed E-state index contributed by atoms with van der Waals surface area (Å²) in [6, 6.07) is 14.4. The van der Waals surface area contributed by atoms with Crippen LogP contribution in [0, 0.1) is 6.92 Å². The first-order valence-electron chi connectivity index (χ1n) is 6.02. The largest absolute Gasteiger partial charge is 0.338 e. The van der Waals surface area contributed by atoms with Crippen molar-refractivity contribution in [3.05, 3.63) is 53.6 Å². The van der Waals surface area contributed by atoms with Crippen molar-refractivity contribution in [2.75, 3.05) is 0 Å². The lowest BCUT2D eigenvalue weighted by molar-refractivity contribution is 1.07. The summed E-state index contributed by atoms with van der Waals surface area (Å²) in [6.45, 7) is 2.63. The second kappa shape index (κ2) is 4.27. The molecule has 3 heteroatoms. The third-order valence-corrected chi connectivity index (χ3v) is 3.07. The van der Waals surface area contributed by atoms with E-state index in [1.807, 2.05) is 18.2 Å². The zero-order valence-corrected chi connectivity index (χ0v) is 10.3. The minimum absolute atomic E-state index is 0.550. The van der Waals surface area contributed by atoms with Crippen LogP contribution >= 0.6 is 0 Å². The van der Waals surface area contributed by atoms with Gasteiger partial charge in [0.1, 0.15) is 5.82 Å². The second-order valence-corrected chi connectivity index (χ2v) is 4.51. The molecule has 0 bridgehead atoms. The van der Waals surface area contributed by atoms with E-state index in [9.17, 15) is 0 Å². The van der Waals surface area contributed by atoms with E-state index >= 15 is 0 Å². The van der Waals surface area contributed by atoms with E-state index in [0.717, 1.165) is 28.0 Å². The van der Waals surface area contributed by atoms with Gasteiger partial charge >= 0.3 is 0 Å². The fourth-order valence-corrected chi connectivity index (χ4v) is 2.11. The normalized spacial score (nSPS) is 11.0. The Balaban J connectivity index is 2.13. The number of nitrogens with zero attached hydrogens (tertiary/aromatic N) is 1. The van der Waals surface area contributed by atoms with Crippen molar-refractivity contribution >= 4 is 11.0 Å². The van der Waals surface area contributed by atoms with E-state index in [-0.39, 0.29) is 0 Å². The molecule has 0 aliphatic heterocycles. The summed E-state index contributed by atoms with van der Waals surface area (Å²) in [6.07, 6.45) is 0. The standard InChI is InChI=1S/C15H15N3/c1-10-3-2-4-12(7-10)15-17-13-6-5-11(9-16)8-14(13)18-15/h2-8H,9,16H2,1H3,(H,17,18). The first-order valence-corrected chi connectivity index (χ1v) is 6.02. The Morgan fingerprint density at radius 3 is 2.83 bits per heavy atom. The van der Waals surface area contributed by atoms with Gasteiger partial charge < -0.3 is 10.7 Å². The molecule has 0 unspecified atom stereocenters. The van der Waals surface area contributed by atoms with E-state index in [1.54, 1.807) is 0 Å². The van der Waals surface area contributed by atoms with Crippen LogP contribution in [-0.4, -0.2) is 9.97 Å². The topological polar surface area (TPSA) is 54.7 Å². The van der Waals surface area contributed by atoms with Gasteiger partial charge in [0.2, 0.25) is 0 Å². The molecular formula is C15H15N3. The molecule has 0 aliphatic rings. The van der Waals surface area contributed by atoms with Crippen molar-refractivity contribution in [2.45, 2.75) is 13.5 Å². The molecule has 0 atom stereocenters. The SMILES string of the molecule is Cc1cccc(-c2nc3ccc(CN)cc3[nH]2)c1. The zero-order valence-electron chi connectivity index (χ0n) is 10.3. The van der Waals surface area contributed by atoms with Gasteiger partial charge in [0, 0.05) is 12.1 Å². The summed E-state index contributed by atoms with van der Waals surface area (Å²) in [5, 5.41) is 0. The molecule has 0 aliphatic carbocycles. The second-order valence-electron chi connectivity index (χ2n) is 4.51. The summed E-state index contributed by atoms with van der Waals surface area (Å²) in [5.74, 6) is 0.905. The molecule has 3 nitrogen and oxygen atoms in total. The number of imidazole rings is 1. The van der Waals surface area contributed by atoms with E-state index in [2.05, 4.69) is 41.2 Å². The van der Waals surface area contributed by atoms with E-state index in [4.69, 9.17) is 5.73 Å². The summed E-state index contributed by atoms with van der Waals surface area (Å²) in [4.78, 5) is 7.95. The molecule has 0 saturated carbocycles. The lowest BCUT2D eigenvalue weighted by atomic mass is 10.1. The van der Waals surface area contributed by atoms with Gasteiger partial charge in [0.25, 0.3) is 0 Å². The Bertz CT molecular complexity index is 698. The van der Waals surface area contributed by atoms with Crippen LogP contribution in [0.25, 0.3) is 22.4 Å². The first kappa shape index (κ1) is 11.0. The van der Waals surface area contributed by atoms with Crippen molar-refractivity contribution in [2.24, 2.45) is 5.73 Å². The predicted octanol–water partition coefficient (Wildman–Crippen LogP) is 3.00. The molecule has 3 aromatic rings. The van der Waals surface area contributed by atoms with E-state index < -0.39 is 0 Å². The molecule has 0 saturated heterocycles. The van der Waals surface area contributed by atoms with Crippen molar-refractivity contribution in [1.29, 1.82) is 0 Å². The Labute approximate surface area is 106 Å². The number of H-pyrrole nitrogens is 1. The number of fused-ring (bicyclic) bond motifs is 1. The highest BCUT2D eigenvalue weighted by Crippen LogP contribution is 2.21. The highest BCUT2D eigenvalue weighted by molar-refractivity contribution is 5.80. The number of aromatic amines is 1. The average molecular weight is 237 g/mol. The first-order chi connectivity index (χ1) is 8.76. The van der Waals surface area contributed by atoms with Crippen molar-refractivity contribution in [3.63, 3.8) is 0 Å². The average Bonchev–Trinajstić information content (AvgIpc) is 2.81. The Hall–Kier alpha value is -2.13. The number of aryl methyl sites for hydroxylation is 1. The smallest absolute Gasteiger partial charge is 0.138 e. The van der Waals surface area contributed by atoms with Gasteiger partial charge in [0.15, 0.2) is 0 Å². The maximum Gasteiger partial charge on any atom is 0.138 e. The molecule has 0 radical (unpaired) electrons. The molecule has 0 fully saturated rings. The van der Waals surface area contributed by atoms with Gasteiger partial charge in [0.05, 0.1) is 11.0 Å². The number of nitrogens with one attached hydrogen (secondary N) is 1. The van der Waals surface area contributed by atoms with Crippen LogP contribution in [0.15, 0.2) is 42.5 Å². The minimum atomic E-state index is 0.550. The van der Waals surface area contributed by atoms with Gasteiger partial charge in [-0.25, -0.2) is 4.98 Å². The number of hydrogen-bond donors (Lipinski definition) is 2. The quantitative estimate of drug-likeness (QED) is 0.720. The molecule has 3 rings (SSSR count). The van der Waals surface area contributed by atoms with Gasteiger partial charge in [-0.2, -0.15) is 0 Å². The highest BCUT2D eigenvalue weighted by Gasteiger charge is 2.05. The van der Waals surface area contributed by atoms with Crippen LogP contribution in [0.5, 0.6) is 0 Å². The third-order valence-electron chi connectivity index (χ3n) is 3.07. The molecule has 0 amide bonds. The molecule has 3 N–H and O–H groups in total. The maximum absolute atomic E-state index is 5.64. The lowest BCUT2D eigenvalue weighted by Crippen LogP contribution is -1.95. The van der Waals surface area contributed by atoms with Gasteiger partial charge in [-0.1, -0.05) is 29.8 Å². The number of hydrogen-bond acceptors (Lipinski definition) is 2. The Morgan fingerprint density at radius 1 is 1.17 bits per heavy atom. The van der Waals surface area contributed by atoms with Crippen LogP contribution < -0.4 is 5.73 Å². The minimum Gasteiger partial charge on any atom is -0.338 e. The molecule has 0 spiro atoms. The molecule has 90 valence electrons. The van der Waals surface area contributed by atoms with Crippen LogP contribution in [0.3, 0.4) is 0 Å². The van der Waals surface area contributed by atoms with Gasteiger partial charge in [-0.15, -0.1) is 0 Å². The Kier molecular flexibility index (Phi) is 2.61. The molecular weight excluding hydrogens is 222 g/mol. The fourth-order valence-electron chi connectivity index (χ4n) is 2.11. The van der Waals surface area contributed by atoms with Crippen LogP contribution in [-0.2, 0) is 6.54 Å². The number of aromatic nitrogens is 2. The highest BCUT2D eigenvalue weighted by atomic mass is 14.9. The third kappa shape index (κ3) is 1.89. The molecule has 1 aromatic heterocycles. The molecule has 1 heterocycles. The van der Waals surface area contributed by atoms with Gasteiger partial charge in [-0.05, 0) is 30.7 Å². The Morgan fingerprint density at radius 2 is 2.06 bits per heavy atom. The predicted molar refractivity (Wildman–Crippen MR) is 74.2 cm³/mol. The van der Waals surface area contributed by atoms with Crippen molar-refractivity contribution in [3.8, 4) is 11.4 Å². The van der Waals surface area contributed by atoms with Crippen LogP contribution in [0.4, 0.5) is 0 Å². The number of benzene rings is 2. The zero-order chi connectivity index (χ0) is 12.5. The summed E-state index contributed by atoms with van der Waals surface area (Å²) in [5.41, 5.74) is 11.1. The molecule has 2 aromatic carbocycles. The maximum atomic E-state index is 5.64. The summed E-state index contributed by atoms with van der Waals surface area (Å²) < 4.78 is 0.